The minimum atomic E-state index is -1.73. The molecule has 2 aromatic rings. The van der Waals surface area contributed by atoms with Crippen molar-refractivity contribution in [2.45, 2.75) is 121 Å². The highest BCUT2D eigenvalue weighted by Crippen LogP contribution is 2.20. The van der Waals surface area contributed by atoms with Crippen LogP contribution in [0.3, 0.4) is 0 Å². The van der Waals surface area contributed by atoms with Crippen LogP contribution in [0.5, 0.6) is 0 Å². The molecule has 2 aromatic carbocycles. The van der Waals surface area contributed by atoms with E-state index in [2.05, 4.69) is 37.2 Å². The Morgan fingerprint density at radius 1 is 0.648 bits per heavy atom. The third-order valence-corrected chi connectivity index (χ3v) is 11.5. The maximum Gasteiger partial charge on any atom is 0.326 e. The number of aliphatic carboxylic acids is 2. The van der Waals surface area contributed by atoms with Crippen molar-refractivity contribution < 1.29 is 68.1 Å². The van der Waals surface area contributed by atoms with Crippen molar-refractivity contribution in [1.82, 2.24) is 42.1 Å². The molecular formula is C47H66N10O14. The van der Waals surface area contributed by atoms with E-state index in [4.69, 9.17) is 11.5 Å². The molecule has 24 heteroatoms. The zero-order valence-electron chi connectivity index (χ0n) is 40.1. The maximum atomic E-state index is 13.8. The number of aliphatic hydroxyl groups excluding tert-OH is 1. The first kappa shape index (κ1) is 57.8. The van der Waals surface area contributed by atoms with E-state index < -0.39 is 152 Å². The number of amides is 9. The predicted octanol–water partition coefficient (Wildman–Crippen LogP) is -3.06. The van der Waals surface area contributed by atoms with Crippen LogP contribution in [0.15, 0.2) is 60.7 Å². The van der Waals surface area contributed by atoms with Gasteiger partial charge in [0.25, 0.3) is 0 Å². The van der Waals surface area contributed by atoms with Gasteiger partial charge in [-0.15, -0.1) is 0 Å². The van der Waals surface area contributed by atoms with Gasteiger partial charge in [-0.2, -0.15) is 0 Å². The first-order valence-electron chi connectivity index (χ1n) is 23.1. The number of carboxylic acid groups (broad SMARTS) is 2. The smallest absolute Gasteiger partial charge is 0.326 e. The van der Waals surface area contributed by atoms with Crippen molar-refractivity contribution in [3.8, 4) is 0 Å². The molecule has 1 fully saturated rings. The van der Waals surface area contributed by atoms with E-state index in [0.717, 1.165) is 0 Å². The van der Waals surface area contributed by atoms with E-state index in [1.54, 1.807) is 88.4 Å². The van der Waals surface area contributed by atoms with Gasteiger partial charge in [-0.1, -0.05) is 88.4 Å². The van der Waals surface area contributed by atoms with E-state index >= 15 is 0 Å². The molecular weight excluding hydrogens is 929 g/mol. The Labute approximate surface area is 410 Å². The minimum Gasteiger partial charge on any atom is -0.481 e. The molecule has 0 radical (unpaired) electrons. The highest BCUT2D eigenvalue weighted by molar-refractivity contribution is 5.98. The number of likely N-dealkylation sites (tertiary alicyclic amines) is 1. The Morgan fingerprint density at radius 3 is 1.69 bits per heavy atom. The SMILES string of the molecule is CC(C)[C@H](N)C(=O)N[C@@H](CO)C(=O)N1CCC[C@H]1C(=O)N[C@@H](Cc1ccccc1)C(=O)NCC(=O)N[C@@H](CCC(=O)O)C(=O)N[C@H](C(=O)N[C@@H](Cc1ccccc1)C(=O)N[C@@H](CC(N)=O)C(=O)O)C(C)C. The van der Waals surface area contributed by atoms with Crippen LogP contribution >= 0.6 is 0 Å². The molecule has 0 spiro atoms. The zero-order valence-corrected chi connectivity index (χ0v) is 40.1. The lowest BCUT2D eigenvalue weighted by Gasteiger charge is -2.30. The third kappa shape index (κ3) is 18.8. The molecule has 0 bridgehead atoms. The van der Waals surface area contributed by atoms with Crippen LogP contribution in [0.25, 0.3) is 0 Å². The van der Waals surface area contributed by atoms with E-state index in [1.165, 1.54) is 4.90 Å². The second kappa shape index (κ2) is 28.3. The summed E-state index contributed by atoms with van der Waals surface area (Å²) >= 11 is 0. The Bertz CT molecular complexity index is 2210. The minimum absolute atomic E-state index is 0.0766. The van der Waals surface area contributed by atoms with Crippen LogP contribution in [0.1, 0.15) is 70.9 Å². The number of carboxylic acids is 2. The summed E-state index contributed by atoms with van der Waals surface area (Å²) < 4.78 is 0. The van der Waals surface area contributed by atoms with Gasteiger partial charge in [0.15, 0.2) is 0 Å². The molecule has 24 nitrogen and oxygen atoms in total. The normalized spacial score (nSPS) is 16.2. The Balaban J connectivity index is 1.77. The monoisotopic (exact) mass is 994 g/mol. The summed E-state index contributed by atoms with van der Waals surface area (Å²) in [5, 5.41) is 46.1. The standard InChI is InChI=1S/C47H66N10O14/c1-25(2)38(49)44(67)55-33(24-58)46(69)57-19-11-16-34(57)43(66)52-30(20-27-12-7-5-8-13-27)40(63)50-23-36(60)51-29(17-18-37(61)62)41(64)56-39(26(3)4)45(68)53-31(21-28-14-9-6-10-15-28)42(65)54-32(47(70)71)22-35(48)59/h5-10,12-15,25-26,29-34,38-39,58H,11,16-24,49H2,1-4H3,(H2,48,59)(H,50,63)(H,51,60)(H,52,66)(H,53,68)(H,54,65)(H,55,67)(H,56,64)(H,61,62)(H,70,71)/t29-,30-,31-,32-,33-,34-,38-,39-/m0/s1. The first-order chi connectivity index (χ1) is 33.5. The molecule has 0 aromatic heterocycles. The summed E-state index contributed by atoms with van der Waals surface area (Å²) in [6, 6.07) is 5.88. The number of nitrogens with zero attached hydrogens (tertiary/aromatic N) is 1. The molecule has 9 amide bonds. The molecule has 3 rings (SSSR count). The number of hydrogen-bond donors (Lipinski definition) is 12. The Hall–Kier alpha value is -7.47. The summed E-state index contributed by atoms with van der Waals surface area (Å²) in [7, 11) is 0. The fourth-order valence-electron chi connectivity index (χ4n) is 7.44. The largest absolute Gasteiger partial charge is 0.481 e. The summed E-state index contributed by atoms with van der Waals surface area (Å²) in [5.41, 5.74) is 12.2. The molecule has 0 unspecified atom stereocenters. The lowest BCUT2D eigenvalue weighted by molar-refractivity contribution is -0.144. The van der Waals surface area contributed by atoms with Crippen molar-refractivity contribution in [1.29, 1.82) is 0 Å². The molecule has 0 aliphatic carbocycles. The van der Waals surface area contributed by atoms with Gasteiger partial charge in [0.05, 0.1) is 25.6 Å². The van der Waals surface area contributed by atoms with Crippen molar-refractivity contribution in [3.05, 3.63) is 71.8 Å². The Morgan fingerprint density at radius 2 is 1.18 bits per heavy atom. The second-order valence-electron chi connectivity index (χ2n) is 17.8. The molecule has 71 heavy (non-hydrogen) atoms. The van der Waals surface area contributed by atoms with Crippen LogP contribution in [-0.4, -0.2) is 153 Å². The number of aliphatic hydroxyl groups is 1. The summed E-state index contributed by atoms with van der Waals surface area (Å²) in [6.07, 6.45) is -1.50. The highest BCUT2D eigenvalue weighted by atomic mass is 16.4. The lowest BCUT2D eigenvalue weighted by atomic mass is 10.00. The lowest BCUT2D eigenvalue weighted by Crippen LogP contribution is -2.60. The number of carbonyl (C=O) groups excluding carboxylic acids is 9. The van der Waals surface area contributed by atoms with Crippen LogP contribution in [-0.2, 0) is 65.6 Å². The van der Waals surface area contributed by atoms with Crippen LogP contribution in [0.2, 0.25) is 0 Å². The second-order valence-corrected chi connectivity index (χ2v) is 17.8. The predicted molar refractivity (Wildman–Crippen MR) is 253 cm³/mol. The summed E-state index contributed by atoms with van der Waals surface area (Å²) in [5.74, 6) is -11.7. The molecule has 388 valence electrons. The van der Waals surface area contributed by atoms with Gasteiger partial charge in [-0.25, -0.2) is 4.79 Å². The zero-order chi connectivity index (χ0) is 52.9. The number of carbonyl (C=O) groups is 11. The molecule has 0 saturated carbocycles. The number of nitrogens with one attached hydrogen (secondary N) is 7. The average Bonchev–Trinajstić information content (AvgIpc) is 3.82. The van der Waals surface area contributed by atoms with E-state index in [-0.39, 0.29) is 31.7 Å². The molecule has 1 aliphatic rings. The van der Waals surface area contributed by atoms with E-state index in [0.29, 0.717) is 17.5 Å². The van der Waals surface area contributed by atoms with Gasteiger partial charge >= 0.3 is 11.9 Å². The number of hydrogen-bond acceptors (Lipinski definition) is 13. The van der Waals surface area contributed by atoms with Crippen LogP contribution in [0, 0.1) is 11.8 Å². The van der Waals surface area contributed by atoms with Gasteiger partial charge in [0.2, 0.25) is 53.2 Å². The molecule has 14 N–H and O–H groups in total. The van der Waals surface area contributed by atoms with Gasteiger partial charge in [0.1, 0.15) is 42.3 Å². The first-order valence-corrected chi connectivity index (χ1v) is 23.1. The summed E-state index contributed by atoms with van der Waals surface area (Å²) in [6.45, 7) is 5.07. The summed E-state index contributed by atoms with van der Waals surface area (Å²) in [4.78, 5) is 144. The van der Waals surface area contributed by atoms with Gasteiger partial charge in [-0.3, -0.25) is 47.9 Å². The number of nitrogens with two attached hydrogens (primary N) is 2. The van der Waals surface area contributed by atoms with E-state index in [9.17, 15) is 68.1 Å². The maximum absolute atomic E-state index is 13.8. The number of primary amides is 1. The topological polar surface area (TPSA) is 388 Å². The molecule has 1 aliphatic heterocycles. The molecule has 1 saturated heterocycles. The highest BCUT2D eigenvalue weighted by Gasteiger charge is 2.40. The van der Waals surface area contributed by atoms with E-state index in [1.807, 2.05) is 0 Å². The number of rotatable bonds is 28. The Kier molecular flexibility index (Phi) is 23.0. The van der Waals surface area contributed by atoms with Crippen molar-refractivity contribution in [3.63, 3.8) is 0 Å². The molecule has 1 heterocycles. The van der Waals surface area contributed by atoms with Gasteiger partial charge < -0.3 is 68.9 Å². The molecule has 8 atom stereocenters. The van der Waals surface area contributed by atoms with Crippen LogP contribution in [0.4, 0.5) is 0 Å². The van der Waals surface area contributed by atoms with Gasteiger partial charge in [-0.05, 0) is 42.2 Å². The van der Waals surface area contributed by atoms with Crippen molar-refractivity contribution >= 4 is 65.1 Å². The average molecular weight is 995 g/mol. The van der Waals surface area contributed by atoms with Gasteiger partial charge in [0, 0.05) is 25.8 Å². The van der Waals surface area contributed by atoms with Crippen molar-refractivity contribution in [2.24, 2.45) is 23.3 Å². The number of benzene rings is 2. The van der Waals surface area contributed by atoms with Crippen molar-refractivity contribution in [2.75, 3.05) is 19.7 Å². The third-order valence-electron chi connectivity index (χ3n) is 11.5. The fraction of sp³-hybridized carbons (Fsp3) is 0.511. The quantitative estimate of drug-likeness (QED) is 0.0403. The fourth-order valence-corrected chi connectivity index (χ4v) is 7.44. The van der Waals surface area contributed by atoms with Crippen LogP contribution < -0.4 is 48.7 Å².